The maximum absolute atomic E-state index is 5.47. The monoisotopic (exact) mass is 192 g/mol. The molecule has 0 spiro atoms. The largest absolute Gasteiger partial charge is 0.377 e. The van der Waals surface area contributed by atoms with Crippen molar-refractivity contribution in [2.75, 3.05) is 6.61 Å². The van der Waals surface area contributed by atoms with Crippen molar-refractivity contribution in [1.82, 2.24) is 0 Å². The molecule has 0 fully saturated rings. The molecular weight excluding hydrogens is 172 g/mol. The second kappa shape index (κ2) is 6.61. The summed E-state index contributed by atoms with van der Waals surface area (Å²) in [5, 5.41) is 0. The van der Waals surface area contributed by atoms with Crippen LogP contribution >= 0.6 is 0 Å². The van der Waals surface area contributed by atoms with Crippen LogP contribution in [0.3, 0.4) is 0 Å². The summed E-state index contributed by atoms with van der Waals surface area (Å²) in [7, 11) is 0. The number of benzene rings is 1. The Balaban J connectivity index is 2.38. The summed E-state index contributed by atoms with van der Waals surface area (Å²) in [6.07, 6.45) is 3.48. The highest BCUT2D eigenvalue weighted by Crippen LogP contribution is 2.07. The fourth-order valence-electron chi connectivity index (χ4n) is 1.43. The van der Waals surface area contributed by atoms with Crippen molar-refractivity contribution in [2.24, 2.45) is 0 Å². The summed E-state index contributed by atoms with van der Waals surface area (Å²) in [5.74, 6) is 0. The summed E-state index contributed by atoms with van der Waals surface area (Å²) in [5.41, 5.74) is 2.70. The lowest BCUT2D eigenvalue weighted by molar-refractivity contribution is 0.121. The molecule has 1 heteroatoms. The molecule has 0 aromatic heterocycles. The average molecular weight is 192 g/mol. The first kappa shape index (κ1) is 11.3. The van der Waals surface area contributed by atoms with E-state index >= 15 is 0 Å². The van der Waals surface area contributed by atoms with Gasteiger partial charge in [-0.05, 0) is 24.0 Å². The number of ether oxygens (including phenoxy) is 1. The van der Waals surface area contributed by atoms with Crippen LogP contribution in [0, 0.1) is 0 Å². The molecule has 0 unspecified atom stereocenters. The summed E-state index contributed by atoms with van der Waals surface area (Å²) >= 11 is 0. The SMILES string of the molecule is CCCOCc1ccc(CCC)cc1. The predicted octanol–water partition coefficient (Wildman–Crippen LogP) is 3.57. The van der Waals surface area contributed by atoms with Crippen molar-refractivity contribution in [3.63, 3.8) is 0 Å². The van der Waals surface area contributed by atoms with Gasteiger partial charge >= 0.3 is 0 Å². The van der Waals surface area contributed by atoms with Gasteiger partial charge in [-0.15, -0.1) is 0 Å². The Bertz CT molecular complexity index is 238. The van der Waals surface area contributed by atoms with Crippen molar-refractivity contribution >= 4 is 0 Å². The van der Waals surface area contributed by atoms with Gasteiger partial charge in [-0.1, -0.05) is 44.5 Å². The summed E-state index contributed by atoms with van der Waals surface area (Å²) in [4.78, 5) is 0. The van der Waals surface area contributed by atoms with Crippen molar-refractivity contribution in [3.8, 4) is 0 Å². The van der Waals surface area contributed by atoms with Crippen molar-refractivity contribution in [2.45, 2.75) is 39.7 Å². The summed E-state index contributed by atoms with van der Waals surface area (Å²) in [6, 6.07) is 8.74. The fraction of sp³-hybridized carbons (Fsp3) is 0.538. The maximum Gasteiger partial charge on any atom is 0.0716 e. The molecule has 1 rings (SSSR count). The lowest BCUT2D eigenvalue weighted by atomic mass is 10.1. The molecular formula is C13H20O. The average Bonchev–Trinajstić information content (AvgIpc) is 2.21. The number of hydrogen-bond donors (Lipinski definition) is 0. The van der Waals surface area contributed by atoms with E-state index < -0.39 is 0 Å². The van der Waals surface area contributed by atoms with Crippen LogP contribution in [-0.2, 0) is 17.8 Å². The van der Waals surface area contributed by atoms with Crippen LogP contribution in [0.15, 0.2) is 24.3 Å². The third kappa shape index (κ3) is 3.93. The second-order valence-corrected chi connectivity index (χ2v) is 3.62. The van der Waals surface area contributed by atoms with Crippen molar-refractivity contribution in [3.05, 3.63) is 35.4 Å². The first-order valence-electron chi connectivity index (χ1n) is 5.52. The molecule has 0 N–H and O–H groups in total. The zero-order valence-corrected chi connectivity index (χ0v) is 9.25. The van der Waals surface area contributed by atoms with Gasteiger partial charge in [0.1, 0.15) is 0 Å². The predicted molar refractivity (Wildman–Crippen MR) is 60.4 cm³/mol. The molecule has 1 nitrogen and oxygen atoms in total. The molecule has 0 atom stereocenters. The molecule has 1 aromatic carbocycles. The van der Waals surface area contributed by atoms with Gasteiger partial charge in [-0.3, -0.25) is 0 Å². The minimum absolute atomic E-state index is 0.750. The van der Waals surface area contributed by atoms with Gasteiger partial charge in [0.2, 0.25) is 0 Å². The van der Waals surface area contributed by atoms with E-state index in [9.17, 15) is 0 Å². The molecule has 0 amide bonds. The Kier molecular flexibility index (Phi) is 5.31. The smallest absolute Gasteiger partial charge is 0.0716 e. The molecule has 0 aliphatic carbocycles. The Labute approximate surface area is 87.1 Å². The zero-order valence-electron chi connectivity index (χ0n) is 9.25. The number of aryl methyl sites for hydroxylation is 1. The van der Waals surface area contributed by atoms with Gasteiger partial charge in [-0.2, -0.15) is 0 Å². The van der Waals surface area contributed by atoms with Gasteiger partial charge in [0.05, 0.1) is 6.61 Å². The molecule has 0 radical (unpaired) electrons. The quantitative estimate of drug-likeness (QED) is 0.626. The van der Waals surface area contributed by atoms with Crippen LogP contribution in [0.4, 0.5) is 0 Å². The van der Waals surface area contributed by atoms with Crippen LogP contribution in [0.25, 0.3) is 0 Å². The van der Waals surface area contributed by atoms with E-state index in [1.165, 1.54) is 24.0 Å². The third-order valence-electron chi connectivity index (χ3n) is 2.18. The van der Waals surface area contributed by atoms with Crippen molar-refractivity contribution < 1.29 is 4.74 Å². The van der Waals surface area contributed by atoms with E-state index in [0.717, 1.165) is 19.6 Å². The summed E-state index contributed by atoms with van der Waals surface area (Å²) < 4.78 is 5.47. The molecule has 0 heterocycles. The zero-order chi connectivity index (χ0) is 10.2. The summed E-state index contributed by atoms with van der Waals surface area (Å²) in [6.45, 7) is 5.94. The highest BCUT2D eigenvalue weighted by molar-refractivity contribution is 5.22. The standard InChI is InChI=1S/C13H20O/c1-3-5-12-6-8-13(9-7-12)11-14-10-4-2/h6-9H,3-5,10-11H2,1-2H3. The van der Waals surface area contributed by atoms with Gasteiger partial charge in [0, 0.05) is 6.61 Å². The Morgan fingerprint density at radius 3 is 2.14 bits per heavy atom. The van der Waals surface area contributed by atoms with Crippen LogP contribution in [0.5, 0.6) is 0 Å². The molecule has 0 saturated heterocycles. The van der Waals surface area contributed by atoms with Crippen molar-refractivity contribution in [1.29, 1.82) is 0 Å². The van der Waals surface area contributed by atoms with Crippen LogP contribution in [-0.4, -0.2) is 6.61 Å². The Hall–Kier alpha value is -0.820. The van der Waals surface area contributed by atoms with Gasteiger partial charge in [0.15, 0.2) is 0 Å². The minimum atomic E-state index is 0.750. The highest BCUT2D eigenvalue weighted by atomic mass is 16.5. The molecule has 0 saturated carbocycles. The normalized spacial score (nSPS) is 10.4. The second-order valence-electron chi connectivity index (χ2n) is 3.62. The van der Waals surface area contributed by atoms with Gasteiger partial charge in [-0.25, -0.2) is 0 Å². The first-order valence-corrected chi connectivity index (χ1v) is 5.52. The van der Waals surface area contributed by atoms with Gasteiger partial charge in [0.25, 0.3) is 0 Å². The topological polar surface area (TPSA) is 9.23 Å². The lowest BCUT2D eigenvalue weighted by Crippen LogP contribution is -1.94. The third-order valence-corrected chi connectivity index (χ3v) is 2.18. The van der Waals surface area contributed by atoms with E-state index in [1.54, 1.807) is 0 Å². The number of hydrogen-bond acceptors (Lipinski definition) is 1. The molecule has 0 aliphatic heterocycles. The first-order chi connectivity index (χ1) is 6.86. The Morgan fingerprint density at radius 1 is 0.929 bits per heavy atom. The fourth-order valence-corrected chi connectivity index (χ4v) is 1.43. The molecule has 1 aromatic rings. The highest BCUT2D eigenvalue weighted by Gasteiger charge is 1.94. The minimum Gasteiger partial charge on any atom is -0.377 e. The maximum atomic E-state index is 5.47. The Morgan fingerprint density at radius 2 is 1.57 bits per heavy atom. The molecule has 0 aliphatic rings. The van der Waals surface area contributed by atoms with E-state index in [4.69, 9.17) is 4.74 Å². The van der Waals surface area contributed by atoms with Crippen LogP contribution in [0.1, 0.15) is 37.8 Å². The van der Waals surface area contributed by atoms with Crippen LogP contribution < -0.4 is 0 Å². The van der Waals surface area contributed by atoms with Crippen LogP contribution in [0.2, 0.25) is 0 Å². The van der Waals surface area contributed by atoms with E-state index in [1.807, 2.05) is 0 Å². The molecule has 78 valence electrons. The van der Waals surface area contributed by atoms with E-state index in [2.05, 4.69) is 38.1 Å². The van der Waals surface area contributed by atoms with E-state index in [-0.39, 0.29) is 0 Å². The molecule has 14 heavy (non-hydrogen) atoms. The van der Waals surface area contributed by atoms with Gasteiger partial charge < -0.3 is 4.74 Å². The number of rotatable bonds is 6. The lowest BCUT2D eigenvalue weighted by Gasteiger charge is -2.04. The van der Waals surface area contributed by atoms with E-state index in [0.29, 0.717) is 0 Å². The molecule has 0 bridgehead atoms.